The van der Waals surface area contributed by atoms with Gasteiger partial charge in [0.05, 0.1) is 0 Å². The van der Waals surface area contributed by atoms with Gasteiger partial charge >= 0.3 is 0 Å². The van der Waals surface area contributed by atoms with Crippen LogP contribution in [0.4, 0.5) is 8.78 Å². The minimum Gasteiger partial charge on any atom is -0.317 e. The van der Waals surface area contributed by atoms with Crippen molar-refractivity contribution in [1.29, 1.82) is 0 Å². The van der Waals surface area contributed by atoms with E-state index in [2.05, 4.69) is 5.32 Å². The van der Waals surface area contributed by atoms with Crippen molar-refractivity contribution in [2.75, 3.05) is 13.1 Å². The first-order chi connectivity index (χ1) is 9.11. The van der Waals surface area contributed by atoms with Crippen molar-refractivity contribution in [2.45, 2.75) is 25.7 Å². The van der Waals surface area contributed by atoms with E-state index in [-0.39, 0.29) is 23.5 Å². The zero-order chi connectivity index (χ0) is 13.5. The molecule has 2 fully saturated rings. The van der Waals surface area contributed by atoms with E-state index in [4.69, 9.17) is 0 Å². The Morgan fingerprint density at radius 3 is 2.68 bits per heavy atom. The molecule has 3 rings (SSSR count). The van der Waals surface area contributed by atoms with Crippen molar-refractivity contribution in [3.63, 3.8) is 0 Å². The molecule has 0 radical (unpaired) electrons. The lowest BCUT2D eigenvalue weighted by molar-refractivity contribution is -0.120. The second kappa shape index (κ2) is 4.67. The molecule has 1 heterocycles. The fraction of sp³-hybridized carbons (Fsp3) is 0.533. The summed E-state index contributed by atoms with van der Waals surface area (Å²) in [5.74, 6) is -1.44. The van der Waals surface area contributed by atoms with Crippen LogP contribution in [0.2, 0.25) is 0 Å². The summed E-state index contributed by atoms with van der Waals surface area (Å²) in [6.07, 6.45) is 3.30. The molecule has 0 amide bonds. The number of rotatable bonds is 3. The highest BCUT2D eigenvalue weighted by Gasteiger charge is 2.56. The molecule has 1 N–H and O–H groups in total. The summed E-state index contributed by atoms with van der Waals surface area (Å²) < 4.78 is 25.9. The molecule has 102 valence electrons. The third-order valence-electron chi connectivity index (χ3n) is 4.54. The maximum Gasteiger partial charge on any atom is 0.159 e. The van der Waals surface area contributed by atoms with Crippen molar-refractivity contribution >= 4 is 5.78 Å². The summed E-state index contributed by atoms with van der Waals surface area (Å²) >= 11 is 0. The minimum absolute atomic E-state index is 0.128. The number of piperidine rings is 1. The van der Waals surface area contributed by atoms with Crippen LogP contribution < -0.4 is 5.32 Å². The van der Waals surface area contributed by atoms with Gasteiger partial charge < -0.3 is 5.32 Å². The molecule has 4 heteroatoms. The predicted molar refractivity (Wildman–Crippen MR) is 67.7 cm³/mol. The topological polar surface area (TPSA) is 29.1 Å². The van der Waals surface area contributed by atoms with Crippen LogP contribution in [0.5, 0.6) is 0 Å². The van der Waals surface area contributed by atoms with Gasteiger partial charge in [0, 0.05) is 12.3 Å². The molecule has 1 aliphatic carbocycles. The first-order valence-electron chi connectivity index (χ1n) is 6.78. The molecular weight excluding hydrogens is 248 g/mol. The Kier molecular flexibility index (Phi) is 3.13. The second-order valence-corrected chi connectivity index (χ2v) is 5.76. The van der Waals surface area contributed by atoms with E-state index in [0.717, 1.165) is 44.5 Å². The highest BCUT2D eigenvalue weighted by Crippen LogP contribution is 2.59. The van der Waals surface area contributed by atoms with Crippen molar-refractivity contribution in [1.82, 2.24) is 5.32 Å². The van der Waals surface area contributed by atoms with E-state index >= 15 is 0 Å². The van der Waals surface area contributed by atoms with Gasteiger partial charge in [-0.2, -0.15) is 0 Å². The zero-order valence-electron chi connectivity index (χ0n) is 10.7. The van der Waals surface area contributed by atoms with E-state index in [1.165, 1.54) is 6.07 Å². The van der Waals surface area contributed by atoms with Crippen molar-refractivity contribution < 1.29 is 13.6 Å². The molecule has 1 atom stereocenters. The van der Waals surface area contributed by atoms with Crippen LogP contribution in [0, 0.1) is 23.0 Å². The first-order valence-corrected chi connectivity index (χ1v) is 6.78. The SMILES string of the molecule is O=C(Cc1ccc(F)c(F)c1)C1CC12CCNCC2. The monoisotopic (exact) mass is 265 g/mol. The molecular formula is C15H17F2NO. The van der Waals surface area contributed by atoms with Crippen LogP contribution in [0.15, 0.2) is 18.2 Å². The minimum atomic E-state index is -0.877. The van der Waals surface area contributed by atoms with E-state index < -0.39 is 11.6 Å². The standard InChI is InChI=1S/C15H17F2NO/c16-12-2-1-10(7-13(12)17)8-14(19)11-9-15(11)3-5-18-6-4-15/h1-2,7,11,18H,3-6,8-9H2. The molecule has 0 aromatic heterocycles. The number of benzene rings is 1. The lowest BCUT2D eigenvalue weighted by atomic mass is 9.89. The number of halogens is 2. The van der Waals surface area contributed by atoms with Gasteiger partial charge in [0.1, 0.15) is 5.78 Å². The molecule has 0 bridgehead atoms. The fourth-order valence-electron chi connectivity index (χ4n) is 3.25. The molecule has 1 aliphatic heterocycles. The number of carbonyl (C=O) groups is 1. The molecule has 1 aromatic rings. The number of ketones is 1. The highest BCUT2D eigenvalue weighted by molar-refractivity contribution is 5.86. The number of carbonyl (C=O) groups excluding carboxylic acids is 1. The maximum absolute atomic E-state index is 13.1. The summed E-state index contributed by atoms with van der Waals surface area (Å²) in [5, 5.41) is 3.30. The van der Waals surface area contributed by atoms with Gasteiger partial charge in [-0.1, -0.05) is 6.07 Å². The van der Waals surface area contributed by atoms with Gasteiger partial charge in [-0.05, 0) is 55.5 Å². The number of hydrogen-bond acceptors (Lipinski definition) is 2. The average molecular weight is 265 g/mol. The molecule has 1 saturated heterocycles. The molecule has 1 unspecified atom stereocenters. The Hall–Kier alpha value is -1.29. The second-order valence-electron chi connectivity index (χ2n) is 5.76. The average Bonchev–Trinajstić information content (AvgIpc) is 3.08. The van der Waals surface area contributed by atoms with Crippen molar-refractivity contribution in [3.05, 3.63) is 35.4 Å². The Labute approximate surface area is 111 Å². The van der Waals surface area contributed by atoms with Crippen LogP contribution >= 0.6 is 0 Å². The van der Waals surface area contributed by atoms with Gasteiger partial charge in [-0.15, -0.1) is 0 Å². The van der Waals surface area contributed by atoms with Gasteiger partial charge in [0.2, 0.25) is 0 Å². The predicted octanol–water partition coefficient (Wildman–Crippen LogP) is 2.47. The summed E-state index contributed by atoms with van der Waals surface area (Å²) in [6.45, 7) is 1.96. The van der Waals surface area contributed by atoms with E-state index in [9.17, 15) is 13.6 Å². The van der Waals surface area contributed by atoms with E-state index in [1.54, 1.807) is 0 Å². The molecule has 1 saturated carbocycles. The zero-order valence-corrected chi connectivity index (χ0v) is 10.7. The summed E-state index contributed by atoms with van der Waals surface area (Å²) in [7, 11) is 0. The number of Topliss-reactive ketones (excluding diaryl/α,β-unsaturated/α-hetero) is 1. The van der Waals surface area contributed by atoms with Crippen LogP contribution in [-0.4, -0.2) is 18.9 Å². The third-order valence-corrected chi connectivity index (χ3v) is 4.54. The Morgan fingerprint density at radius 1 is 1.26 bits per heavy atom. The van der Waals surface area contributed by atoms with Crippen LogP contribution in [0.25, 0.3) is 0 Å². The van der Waals surface area contributed by atoms with Crippen LogP contribution in [-0.2, 0) is 11.2 Å². The third kappa shape index (κ3) is 2.41. The highest BCUT2D eigenvalue weighted by atomic mass is 19.2. The van der Waals surface area contributed by atoms with E-state index in [1.807, 2.05) is 0 Å². The van der Waals surface area contributed by atoms with Crippen molar-refractivity contribution in [2.24, 2.45) is 11.3 Å². The smallest absolute Gasteiger partial charge is 0.159 e. The Morgan fingerprint density at radius 2 is 2.00 bits per heavy atom. The normalized spacial score (nSPS) is 24.4. The lowest BCUT2D eigenvalue weighted by Gasteiger charge is -2.23. The summed E-state index contributed by atoms with van der Waals surface area (Å²) in [5.41, 5.74) is 0.779. The summed E-state index contributed by atoms with van der Waals surface area (Å²) in [6, 6.07) is 3.71. The first kappa shape index (κ1) is 12.7. The van der Waals surface area contributed by atoms with Gasteiger partial charge in [0.25, 0.3) is 0 Å². The summed E-state index contributed by atoms with van der Waals surface area (Å²) in [4.78, 5) is 12.2. The van der Waals surface area contributed by atoms with Crippen molar-refractivity contribution in [3.8, 4) is 0 Å². The lowest BCUT2D eigenvalue weighted by Crippen LogP contribution is -2.31. The van der Waals surface area contributed by atoms with E-state index in [0.29, 0.717) is 5.56 Å². The molecule has 2 nitrogen and oxygen atoms in total. The Bertz CT molecular complexity index is 509. The fourth-order valence-corrected chi connectivity index (χ4v) is 3.25. The quantitative estimate of drug-likeness (QED) is 0.909. The maximum atomic E-state index is 13.1. The van der Waals surface area contributed by atoms with Gasteiger partial charge in [-0.3, -0.25) is 4.79 Å². The number of hydrogen-bond donors (Lipinski definition) is 1. The van der Waals surface area contributed by atoms with Gasteiger partial charge in [-0.25, -0.2) is 8.78 Å². The van der Waals surface area contributed by atoms with Crippen LogP contribution in [0.3, 0.4) is 0 Å². The molecule has 1 aromatic carbocycles. The Balaban J connectivity index is 1.64. The molecule has 1 spiro atoms. The molecule has 2 aliphatic rings. The largest absolute Gasteiger partial charge is 0.317 e. The van der Waals surface area contributed by atoms with Gasteiger partial charge in [0.15, 0.2) is 11.6 Å². The number of nitrogens with one attached hydrogen (secondary N) is 1. The van der Waals surface area contributed by atoms with Crippen LogP contribution in [0.1, 0.15) is 24.8 Å². The molecule has 19 heavy (non-hydrogen) atoms.